The molecule has 1 saturated heterocycles. The summed E-state index contributed by atoms with van der Waals surface area (Å²) in [6.07, 6.45) is 4.22. The second-order valence-corrected chi connectivity index (χ2v) is 7.64. The van der Waals surface area contributed by atoms with Gasteiger partial charge in [0.25, 0.3) is 11.5 Å². The fourth-order valence-electron chi connectivity index (χ4n) is 2.55. The first-order valence-electron chi connectivity index (χ1n) is 7.18. The number of sulfonamides is 1. The molecule has 122 valence electrons. The van der Waals surface area contributed by atoms with Crippen molar-refractivity contribution in [3.8, 4) is 0 Å². The average Bonchev–Trinajstić information content (AvgIpc) is 2.47. The zero-order chi connectivity index (χ0) is 16.3. The van der Waals surface area contributed by atoms with E-state index in [0.29, 0.717) is 32.5 Å². The number of nitrogens with one attached hydrogen (secondary N) is 1. The molecule has 0 aliphatic carbocycles. The molecule has 0 spiro atoms. The minimum Gasteiger partial charge on any atom is -0.352 e. The number of amides is 1. The van der Waals surface area contributed by atoms with Gasteiger partial charge in [-0.1, -0.05) is 0 Å². The number of rotatable bonds is 4. The fraction of sp³-hybridized carbons (Fsp3) is 0.571. The van der Waals surface area contributed by atoms with E-state index in [-0.39, 0.29) is 22.9 Å². The molecule has 1 aliphatic rings. The lowest BCUT2D eigenvalue weighted by molar-refractivity contribution is 0.0939. The number of piperidine rings is 1. The second-order valence-electron chi connectivity index (χ2n) is 5.65. The topological polar surface area (TPSA) is 88.5 Å². The van der Waals surface area contributed by atoms with Crippen LogP contribution in [-0.4, -0.2) is 49.1 Å². The minimum atomic E-state index is -3.13. The molecule has 22 heavy (non-hydrogen) atoms. The van der Waals surface area contributed by atoms with E-state index in [0.717, 1.165) is 0 Å². The number of pyridine rings is 1. The number of aryl methyl sites for hydroxylation is 1. The summed E-state index contributed by atoms with van der Waals surface area (Å²) in [4.78, 5) is 23.9. The first-order valence-corrected chi connectivity index (χ1v) is 9.03. The molecule has 1 aromatic rings. The van der Waals surface area contributed by atoms with Gasteiger partial charge in [-0.25, -0.2) is 12.7 Å². The number of nitrogens with zero attached hydrogens (tertiary/aromatic N) is 2. The van der Waals surface area contributed by atoms with Gasteiger partial charge in [-0.2, -0.15) is 0 Å². The van der Waals surface area contributed by atoms with Gasteiger partial charge in [0, 0.05) is 32.9 Å². The molecule has 0 saturated carbocycles. The zero-order valence-corrected chi connectivity index (χ0v) is 13.6. The van der Waals surface area contributed by atoms with Crippen molar-refractivity contribution in [3.63, 3.8) is 0 Å². The van der Waals surface area contributed by atoms with Crippen molar-refractivity contribution in [1.29, 1.82) is 0 Å². The van der Waals surface area contributed by atoms with Crippen molar-refractivity contribution < 1.29 is 13.2 Å². The number of carbonyl (C=O) groups excluding carboxylic acids is 1. The summed E-state index contributed by atoms with van der Waals surface area (Å²) in [6.45, 7) is 1.41. The summed E-state index contributed by atoms with van der Waals surface area (Å²) >= 11 is 0. The van der Waals surface area contributed by atoms with Gasteiger partial charge in [0.15, 0.2) is 0 Å². The van der Waals surface area contributed by atoms with Crippen LogP contribution in [0.2, 0.25) is 0 Å². The quantitative estimate of drug-likeness (QED) is 0.828. The Balaban J connectivity index is 1.88. The molecule has 1 aliphatic heterocycles. The highest BCUT2D eigenvalue weighted by atomic mass is 32.2. The predicted octanol–water partition coefficient (Wildman–Crippen LogP) is -0.213. The van der Waals surface area contributed by atoms with Crippen LogP contribution in [0.15, 0.2) is 23.1 Å². The van der Waals surface area contributed by atoms with Crippen LogP contribution in [0, 0.1) is 5.92 Å². The molecule has 0 aromatic carbocycles. The molecule has 1 N–H and O–H groups in total. The van der Waals surface area contributed by atoms with Crippen molar-refractivity contribution in [3.05, 3.63) is 34.2 Å². The van der Waals surface area contributed by atoms with Crippen molar-refractivity contribution in [2.45, 2.75) is 12.8 Å². The lowest BCUT2D eigenvalue weighted by Gasteiger charge is -2.30. The molecule has 0 unspecified atom stereocenters. The molecule has 0 radical (unpaired) electrons. The van der Waals surface area contributed by atoms with Crippen LogP contribution < -0.4 is 10.9 Å². The van der Waals surface area contributed by atoms with E-state index in [1.165, 1.54) is 21.2 Å². The fourth-order valence-corrected chi connectivity index (χ4v) is 3.42. The Kier molecular flexibility index (Phi) is 5.02. The monoisotopic (exact) mass is 327 g/mol. The summed E-state index contributed by atoms with van der Waals surface area (Å²) < 4.78 is 25.7. The maximum Gasteiger partial charge on any atom is 0.263 e. The molecule has 0 atom stereocenters. The largest absolute Gasteiger partial charge is 0.352 e. The maximum absolute atomic E-state index is 12.1. The maximum atomic E-state index is 12.1. The first kappa shape index (κ1) is 16.7. The first-order chi connectivity index (χ1) is 10.3. The third kappa shape index (κ3) is 3.95. The molecule has 0 bridgehead atoms. The van der Waals surface area contributed by atoms with Gasteiger partial charge < -0.3 is 9.88 Å². The molecular formula is C14H21N3O4S. The summed E-state index contributed by atoms with van der Waals surface area (Å²) in [6, 6.07) is 3.16. The second kappa shape index (κ2) is 6.62. The molecule has 2 rings (SSSR count). The molecule has 1 fully saturated rings. The van der Waals surface area contributed by atoms with E-state index in [2.05, 4.69) is 5.32 Å². The van der Waals surface area contributed by atoms with E-state index >= 15 is 0 Å². The highest BCUT2D eigenvalue weighted by molar-refractivity contribution is 7.88. The van der Waals surface area contributed by atoms with Crippen LogP contribution in [0.25, 0.3) is 0 Å². The van der Waals surface area contributed by atoms with E-state index < -0.39 is 10.0 Å². The highest BCUT2D eigenvalue weighted by Crippen LogP contribution is 2.18. The number of hydrogen-bond acceptors (Lipinski definition) is 4. The Labute approximate surface area is 130 Å². The average molecular weight is 327 g/mol. The van der Waals surface area contributed by atoms with E-state index in [9.17, 15) is 18.0 Å². The van der Waals surface area contributed by atoms with Gasteiger partial charge in [-0.05, 0) is 30.9 Å². The van der Waals surface area contributed by atoms with Crippen LogP contribution >= 0.6 is 0 Å². The standard InChI is InChI=1S/C14H21N3O4S/c1-16-7-3-4-12(14(16)19)13(18)15-10-11-5-8-17(9-6-11)22(2,20)21/h3-4,7,11H,5-6,8-10H2,1-2H3,(H,15,18). The third-order valence-electron chi connectivity index (χ3n) is 3.96. The van der Waals surface area contributed by atoms with Gasteiger partial charge in [0.05, 0.1) is 6.26 Å². The summed E-state index contributed by atoms with van der Waals surface area (Å²) in [5.74, 6) is -0.152. The smallest absolute Gasteiger partial charge is 0.263 e. The minimum absolute atomic E-state index is 0.124. The molecule has 1 amide bonds. The summed E-state index contributed by atoms with van der Waals surface area (Å²) in [5, 5.41) is 2.77. The van der Waals surface area contributed by atoms with Gasteiger partial charge in [0.1, 0.15) is 5.56 Å². The van der Waals surface area contributed by atoms with E-state index in [1.807, 2.05) is 0 Å². The van der Waals surface area contributed by atoms with Crippen molar-refractivity contribution in [2.24, 2.45) is 13.0 Å². The lowest BCUT2D eigenvalue weighted by Crippen LogP contribution is -2.41. The lowest BCUT2D eigenvalue weighted by atomic mass is 9.98. The van der Waals surface area contributed by atoms with Gasteiger partial charge in [-0.3, -0.25) is 9.59 Å². The Bertz CT molecular complexity index is 703. The van der Waals surface area contributed by atoms with Gasteiger partial charge >= 0.3 is 0 Å². The predicted molar refractivity (Wildman–Crippen MR) is 83.2 cm³/mol. The summed E-state index contributed by atoms with van der Waals surface area (Å²) in [7, 11) is -1.53. The Morgan fingerprint density at radius 3 is 2.59 bits per heavy atom. The highest BCUT2D eigenvalue weighted by Gasteiger charge is 2.25. The molecular weight excluding hydrogens is 306 g/mol. The Morgan fingerprint density at radius 1 is 1.36 bits per heavy atom. The van der Waals surface area contributed by atoms with Crippen LogP contribution in [0.5, 0.6) is 0 Å². The third-order valence-corrected chi connectivity index (χ3v) is 5.26. The molecule has 8 heteroatoms. The molecule has 2 heterocycles. The Morgan fingerprint density at radius 2 is 2.00 bits per heavy atom. The zero-order valence-electron chi connectivity index (χ0n) is 12.8. The van der Waals surface area contributed by atoms with Crippen molar-refractivity contribution in [2.75, 3.05) is 25.9 Å². The number of aromatic nitrogens is 1. The normalized spacial score (nSPS) is 17.4. The van der Waals surface area contributed by atoms with Crippen LogP contribution in [-0.2, 0) is 17.1 Å². The van der Waals surface area contributed by atoms with Crippen molar-refractivity contribution in [1.82, 2.24) is 14.2 Å². The molecule has 7 nitrogen and oxygen atoms in total. The van der Waals surface area contributed by atoms with E-state index in [4.69, 9.17) is 0 Å². The van der Waals surface area contributed by atoms with Crippen LogP contribution in [0.4, 0.5) is 0 Å². The van der Waals surface area contributed by atoms with Crippen LogP contribution in [0.3, 0.4) is 0 Å². The van der Waals surface area contributed by atoms with Gasteiger partial charge in [-0.15, -0.1) is 0 Å². The van der Waals surface area contributed by atoms with Gasteiger partial charge in [0.2, 0.25) is 10.0 Å². The van der Waals surface area contributed by atoms with E-state index in [1.54, 1.807) is 19.3 Å². The number of hydrogen-bond donors (Lipinski definition) is 1. The SMILES string of the molecule is Cn1cccc(C(=O)NCC2CCN(S(C)(=O)=O)CC2)c1=O. The summed E-state index contributed by atoms with van der Waals surface area (Å²) in [5.41, 5.74) is -0.203. The Hall–Kier alpha value is -1.67. The van der Waals surface area contributed by atoms with Crippen LogP contribution in [0.1, 0.15) is 23.2 Å². The van der Waals surface area contributed by atoms with Crippen molar-refractivity contribution >= 4 is 15.9 Å². The number of carbonyl (C=O) groups is 1. The molecule has 1 aromatic heterocycles.